The minimum Gasteiger partial charge on any atom is -0.344 e. The quantitative estimate of drug-likeness (QED) is 0.910. The van der Waals surface area contributed by atoms with Gasteiger partial charge in [0, 0.05) is 32.4 Å². The summed E-state index contributed by atoms with van der Waals surface area (Å²) in [6, 6.07) is 8.45. The van der Waals surface area contributed by atoms with E-state index in [9.17, 15) is 4.79 Å². The first-order valence-corrected chi connectivity index (χ1v) is 9.03. The fourth-order valence-electron chi connectivity index (χ4n) is 3.66. The second kappa shape index (κ2) is 7.40. The molecule has 1 N–H and O–H groups in total. The third kappa shape index (κ3) is 3.76. The number of carbonyl (C=O) groups is 1. The molecule has 5 nitrogen and oxygen atoms in total. The van der Waals surface area contributed by atoms with Crippen LogP contribution in [0, 0.1) is 13.8 Å². The Morgan fingerprint density at radius 1 is 1.32 bits per heavy atom. The summed E-state index contributed by atoms with van der Waals surface area (Å²) in [5.74, 6) is 0.193. The standard InChI is InChI=1S/C20H28N4O/c1-14-19(15(2)22-21-14)10-11-23(4)20(25)16(3)24-12-9-17-7-5-6-8-18(17)13-24/h5-8,16H,9-13H2,1-4H3,(H,21,22). The molecule has 0 saturated carbocycles. The lowest BCUT2D eigenvalue weighted by Crippen LogP contribution is -2.48. The highest BCUT2D eigenvalue weighted by molar-refractivity contribution is 5.81. The highest BCUT2D eigenvalue weighted by atomic mass is 16.2. The van der Waals surface area contributed by atoms with Gasteiger partial charge in [-0.2, -0.15) is 5.10 Å². The zero-order chi connectivity index (χ0) is 18.0. The van der Waals surface area contributed by atoms with Gasteiger partial charge in [-0.25, -0.2) is 0 Å². The van der Waals surface area contributed by atoms with E-state index in [1.807, 2.05) is 32.7 Å². The molecule has 0 aliphatic carbocycles. The van der Waals surface area contributed by atoms with Crippen molar-refractivity contribution < 1.29 is 4.79 Å². The Hall–Kier alpha value is -2.14. The van der Waals surface area contributed by atoms with Crippen LogP contribution in [0.4, 0.5) is 0 Å². The second-order valence-corrected chi connectivity index (χ2v) is 7.09. The van der Waals surface area contributed by atoms with E-state index < -0.39 is 0 Å². The van der Waals surface area contributed by atoms with Crippen LogP contribution in [0.25, 0.3) is 0 Å². The van der Waals surface area contributed by atoms with E-state index in [0.717, 1.165) is 43.9 Å². The summed E-state index contributed by atoms with van der Waals surface area (Å²) >= 11 is 0. The molecule has 1 aromatic heterocycles. The van der Waals surface area contributed by atoms with Crippen LogP contribution in [0.1, 0.15) is 35.0 Å². The molecule has 134 valence electrons. The Morgan fingerprint density at radius 3 is 2.72 bits per heavy atom. The van der Waals surface area contributed by atoms with Crippen LogP contribution in [-0.2, 0) is 24.2 Å². The van der Waals surface area contributed by atoms with E-state index in [4.69, 9.17) is 0 Å². The van der Waals surface area contributed by atoms with Crippen molar-refractivity contribution in [1.82, 2.24) is 20.0 Å². The number of nitrogens with zero attached hydrogens (tertiary/aromatic N) is 3. The van der Waals surface area contributed by atoms with Crippen molar-refractivity contribution in [3.8, 4) is 0 Å². The first kappa shape index (κ1) is 17.7. The van der Waals surface area contributed by atoms with Crippen LogP contribution in [0.3, 0.4) is 0 Å². The number of rotatable bonds is 5. The highest BCUT2D eigenvalue weighted by Gasteiger charge is 2.27. The van der Waals surface area contributed by atoms with Gasteiger partial charge in [0.25, 0.3) is 0 Å². The van der Waals surface area contributed by atoms with Gasteiger partial charge < -0.3 is 4.90 Å². The molecular formula is C20H28N4O. The van der Waals surface area contributed by atoms with Gasteiger partial charge in [0.05, 0.1) is 11.7 Å². The largest absolute Gasteiger partial charge is 0.344 e. The maximum atomic E-state index is 12.8. The molecule has 2 aromatic rings. The van der Waals surface area contributed by atoms with Crippen LogP contribution in [-0.4, -0.2) is 52.1 Å². The van der Waals surface area contributed by atoms with Crippen LogP contribution in [0.15, 0.2) is 24.3 Å². The van der Waals surface area contributed by atoms with Crippen LogP contribution < -0.4 is 0 Å². The van der Waals surface area contributed by atoms with Crippen molar-refractivity contribution in [2.75, 3.05) is 20.1 Å². The Labute approximate surface area is 150 Å². The maximum absolute atomic E-state index is 12.8. The lowest BCUT2D eigenvalue weighted by Gasteiger charge is -2.34. The predicted molar refractivity (Wildman–Crippen MR) is 99.4 cm³/mol. The van der Waals surface area contributed by atoms with Gasteiger partial charge in [0.1, 0.15) is 0 Å². The number of nitrogens with one attached hydrogen (secondary N) is 1. The van der Waals surface area contributed by atoms with E-state index >= 15 is 0 Å². The number of aromatic amines is 1. The summed E-state index contributed by atoms with van der Waals surface area (Å²) in [6.07, 6.45) is 1.86. The van der Waals surface area contributed by atoms with Gasteiger partial charge in [-0.3, -0.25) is 14.8 Å². The van der Waals surface area contributed by atoms with Crippen molar-refractivity contribution in [2.24, 2.45) is 0 Å². The smallest absolute Gasteiger partial charge is 0.239 e. The Balaban J connectivity index is 1.59. The number of H-pyrrole nitrogens is 1. The normalized spacial score (nSPS) is 15.7. The number of aryl methyl sites for hydroxylation is 2. The molecule has 2 heterocycles. The number of hydrogen-bond acceptors (Lipinski definition) is 3. The van der Waals surface area contributed by atoms with Gasteiger partial charge in [0.15, 0.2) is 0 Å². The summed E-state index contributed by atoms with van der Waals surface area (Å²) in [6.45, 7) is 8.59. The SMILES string of the molecule is Cc1n[nH]c(C)c1CCN(C)C(=O)C(C)N1CCc2ccccc2C1. The summed E-state index contributed by atoms with van der Waals surface area (Å²) < 4.78 is 0. The monoisotopic (exact) mass is 340 g/mol. The Bertz CT molecular complexity index is 732. The zero-order valence-corrected chi connectivity index (χ0v) is 15.7. The van der Waals surface area contributed by atoms with E-state index in [1.54, 1.807) is 0 Å². The lowest BCUT2D eigenvalue weighted by molar-refractivity contribution is -0.135. The molecule has 1 aliphatic heterocycles. The molecule has 1 atom stereocenters. The molecule has 1 amide bonds. The molecule has 1 aliphatic rings. The van der Waals surface area contributed by atoms with Crippen molar-refractivity contribution in [3.05, 3.63) is 52.3 Å². The number of hydrogen-bond donors (Lipinski definition) is 1. The van der Waals surface area contributed by atoms with Crippen molar-refractivity contribution in [2.45, 2.75) is 46.2 Å². The number of fused-ring (bicyclic) bond motifs is 1. The Morgan fingerprint density at radius 2 is 2.04 bits per heavy atom. The first-order chi connectivity index (χ1) is 12.0. The fourth-order valence-corrected chi connectivity index (χ4v) is 3.66. The molecule has 1 unspecified atom stereocenters. The minimum atomic E-state index is -0.0927. The second-order valence-electron chi connectivity index (χ2n) is 7.09. The average molecular weight is 340 g/mol. The average Bonchev–Trinajstić information content (AvgIpc) is 2.96. The van der Waals surface area contributed by atoms with Crippen LogP contribution >= 0.6 is 0 Å². The summed E-state index contributed by atoms with van der Waals surface area (Å²) in [5.41, 5.74) is 6.11. The molecule has 0 fully saturated rings. The summed E-state index contributed by atoms with van der Waals surface area (Å²) in [7, 11) is 1.90. The molecule has 0 radical (unpaired) electrons. The fraction of sp³-hybridized carbons (Fsp3) is 0.500. The molecule has 5 heteroatoms. The van der Waals surface area contributed by atoms with E-state index in [0.29, 0.717) is 0 Å². The van der Waals surface area contributed by atoms with Crippen LogP contribution in [0.2, 0.25) is 0 Å². The number of aromatic nitrogens is 2. The van der Waals surface area contributed by atoms with Gasteiger partial charge in [-0.15, -0.1) is 0 Å². The molecule has 0 bridgehead atoms. The highest BCUT2D eigenvalue weighted by Crippen LogP contribution is 2.21. The maximum Gasteiger partial charge on any atom is 0.239 e. The molecule has 0 spiro atoms. The van der Waals surface area contributed by atoms with E-state index in [2.05, 4.69) is 39.4 Å². The zero-order valence-electron chi connectivity index (χ0n) is 15.7. The number of benzene rings is 1. The lowest BCUT2D eigenvalue weighted by atomic mass is 9.98. The predicted octanol–water partition coefficient (Wildman–Crippen LogP) is 2.47. The van der Waals surface area contributed by atoms with Gasteiger partial charge in [-0.05, 0) is 50.3 Å². The number of likely N-dealkylation sites (N-methyl/N-ethyl adjacent to an activating group) is 1. The molecular weight excluding hydrogens is 312 g/mol. The third-order valence-electron chi connectivity index (χ3n) is 5.42. The van der Waals surface area contributed by atoms with Crippen molar-refractivity contribution in [3.63, 3.8) is 0 Å². The van der Waals surface area contributed by atoms with Crippen molar-refractivity contribution in [1.29, 1.82) is 0 Å². The first-order valence-electron chi connectivity index (χ1n) is 9.03. The minimum absolute atomic E-state index is 0.0927. The van der Waals surface area contributed by atoms with Crippen molar-refractivity contribution >= 4 is 5.91 Å². The summed E-state index contributed by atoms with van der Waals surface area (Å²) in [5, 5.41) is 7.24. The third-order valence-corrected chi connectivity index (χ3v) is 5.42. The molecule has 3 rings (SSSR count). The summed E-state index contributed by atoms with van der Waals surface area (Å²) in [4.78, 5) is 17.0. The van der Waals surface area contributed by atoms with E-state index in [-0.39, 0.29) is 11.9 Å². The molecule has 0 saturated heterocycles. The number of amides is 1. The van der Waals surface area contributed by atoms with Crippen LogP contribution in [0.5, 0.6) is 0 Å². The molecule has 25 heavy (non-hydrogen) atoms. The molecule has 1 aromatic carbocycles. The van der Waals surface area contributed by atoms with Gasteiger partial charge >= 0.3 is 0 Å². The topological polar surface area (TPSA) is 52.2 Å². The van der Waals surface area contributed by atoms with E-state index in [1.165, 1.54) is 16.7 Å². The Kier molecular flexibility index (Phi) is 5.23. The number of carbonyl (C=O) groups excluding carboxylic acids is 1. The van der Waals surface area contributed by atoms with Gasteiger partial charge in [0.2, 0.25) is 5.91 Å². The van der Waals surface area contributed by atoms with Gasteiger partial charge in [-0.1, -0.05) is 24.3 Å².